The molecule has 2 aromatic rings. The maximum absolute atomic E-state index is 12.6. The Balaban J connectivity index is 2.23. The number of anilines is 2. The van der Waals surface area contributed by atoms with Crippen LogP contribution >= 0.6 is 0 Å². The Kier molecular flexibility index (Phi) is 4.87. The highest BCUT2D eigenvalue weighted by molar-refractivity contribution is 6.04. The van der Waals surface area contributed by atoms with Crippen molar-refractivity contribution in [2.24, 2.45) is 0 Å². The Hall–Kier alpha value is -2.43. The van der Waals surface area contributed by atoms with Gasteiger partial charge in [0.05, 0.1) is 12.4 Å². The van der Waals surface area contributed by atoms with Gasteiger partial charge in [-0.1, -0.05) is 12.1 Å². The van der Waals surface area contributed by atoms with Crippen molar-refractivity contribution in [1.29, 1.82) is 0 Å². The van der Waals surface area contributed by atoms with E-state index in [0.717, 1.165) is 17.8 Å². The minimum absolute atomic E-state index is 0.140. The summed E-state index contributed by atoms with van der Waals surface area (Å²) in [5, 5.41) is 3.06. The zero-order chi connectivity index (χ0) is 15.2. The van der Waals surface area contributed by atoms with Gasteiger partial charge >= 0.3 is 0 Å². The largest absolute Gasteiger partial charge is 0.369 e. The fraction of sp³-hybridized carbons (Fsp3) is 0.312. The quantitative estimate of drug-likeness (QED) is 0.917. The molecule has 0 saturated carbocycles. The first kappa shape index (κ1) is 15.0. The van der Waals surface area contributed by atoms with Crippen LogP contribution in [0.2, 0.25) is 0 Å². The van der Waals surface area contributed by atoms with Gasteiger partial charge in [-0.15, -0.1) is 0 Å². The molecule has 0 bridgehead atoms. The molecule has 0 atom stereocenters. The van der Waals surface area contributed by atoms with E-state index >= 15 is 0 Å². The molecule has 2 rings (SSSR count). The maximum atomic E-state index is 12.6. The molecule has 21 heavy (non-hydrogen) atoms. The third kappa shape index (κ3) is 3.56. The van der Waals surface area contributed by atoms with Crippen molar-refractivity contribution in [2.45, 2.75) is 20.8 Å². The number of hydrogen-bond donors (Lipinski definition) is 1. The first-order valence-corrected chi connectivity index (χ1v) is 7.10. The van der Waals surface area contributed by atoms with Gasteiger partial charge in [-0.05, 0) is 38.5 Å². The Morgan fingerprint density at radius 2 is 2.05 bits per heavy atom. The van der Waals surface area contributed by atoms with Crippen LogP contribution in [0.15, 0.2) is 36.7 Å². The van der Waals surface area contributed by atoms with Gasteiger partial charge in [0.2, 0.25) is 0 Å². The maximum Gasteiger partial charge on any atom is 0.278 e. The monoisotopic (exact) mass is 284 g/mol. The molecule has 1 aromatic heterocycles. The molecule has 0 radical (unpaired) electrons. The predicted molar refractivity (Wildman–Crippen MR) is 84.7 cm³/mol. The van der Waals surface area contributed by atoms with Crippen molar-refractivity contribution >= 4 is 17.4 Å². The lowest BCUT2D eigenvalue weighted by Gasteiger charge is -2.21. The fourth-order valence-corrected chi connectivity index (χ4v) is 2.09. The molecule has 0 fully saturated rings. The Bertz CT molecular complexity index is 610. The summed E-state index contributed by atoms with van der Waals surface area (Å²) >= 11 is 0. The minimum Gasteiger partial charge on any atom is -0.369 e. The van der Waals surface area contributed by atoms with E-state index < -0.39 is 0 Å². The van der Waals surface area contributed by atoms with E-state index in [0.29, 0.717) is 18.1 Å². The molecule has 5 nitrogen and oxygen atoms in total. The highest BCUT2D eigenvalue weighted by Gasteiger charge is 2.17. The van der Waals surface area contributed by atoms with Gasteiger partial charge < -0.3 is 10.2 Å². The average molecular weight is 284 g/mol. The number of amides is 1. The van der Waals surface area contributed by atoms with Gasteiger partial charge in [0.25, 0.3) is 5.91 Å². The van der Waals surface area contributed by atoms with E-state index in [2.05, 4.69) is 15.3 Å². The normalized spacial score (nSPS) is 10.2. The lowest BCUT2D eigenvalue weighted by atomic mass is 10.2. The van der Waals surface area contributed by atoms with E-state index in [1.165, 1.54) is 6.20 Å². The Morgan fingerprint density at radius 3 is 2.62 bits per heavy atom. The number of aryl methyl sites for hydroxylation is 1. The number of nitrogens with zero attached hydrogens (tertiary/aromatic N) is 3. The van der Waals surface area contributed by atoms with Crippen LogP contribution in [0.3, 0.4) is 0 Å². The second kappa shape index (κ2) is 6.83. The fourth-order valence-electron chi connectivity index (χ4n) is 2.09. The zero-order valence-corrected chi connectivity index (χ0v) is 12.6. The first-order chi connectivity index (χ1) is 10.2. The van der Waals surface area contributed by atoms with Crippen molar-refractivity contribution in [1.82, 2.24) is 9.97 Å². The Morgan fingerprint density at radius 1 is 1.24 bits per heavy atom. The van der Waals surface area contributed by atoms with Crippen LogP contribution in [-0.2, 0) is 0 Å². The molecule has 110 valence electrons. The molecule has 0 aliphatic rings. The summed E-state index contributed by atoms with van der Waals surface area (Å²) in [5.74, 6) is 0.534. The van der Waals surface area contributed by atoms with Crippen LogP contribution < -0.4 is 10.2 Å². The number of nitrogens with one attached hydrogen (secondary N) is 1. The SMILES string of the molecule is CCNc1cnc(C(=O)N(CC)c2cccc(C)c2)cn1. The second-order valence-electron chi connectivity index (χ2n) is 4.71. The summed E-state index contributed by atoms with van der Waals surface area (Å²) in [4.78, 5) is 22.7. The van der Waals surface area contributed by atoms with E-state index in [1.54, 1.807) is 11.1 Å². The number of carbonyl (C=O) groups is 1. The zero-order valence-electron chi connectivity index (χ0n) is 12.6. The molecule has 1 amide bonds. The van der Waals surface area contributed by atoms with Crippen molar-refractivity contribution < 1.29 is 4.79 Å². The number of rotatable bonds is 5. The molecule has 0 unspecified atom stereocenters. The molecular formula is C16H20N4O. The standard InChI is InChI=1S/C16H20N4O/c1-4-17-15-11-18-14(10-19-15)16(21)20(5-2)13-8-6-7-12(3)9-13/h6-11H,4-5H2,1-3H3,(H,17,19). The topological polar surface area (TPSA) is 58.1 Å². The Labute approximate surface area is 125 Å². The van der Waals surface area contributed by atoms with Gasteiger partial charge in [0.1, 0.15) is 11.5 Å². The molecule has 1 N–H and O–H groups in total. The summed E-state index contributed by atoms with van der Waals surface area (Å²) in [6.45, 7) is 7.29. The molecule has 0 aliphatic heterocycles. The molecule has 1 heterocycles. The van der Waals surface area contributed by atoms with Crippen LogP contribution in [-0.4, -0.2) is 29.0 Å². The predicted octanol–water partition coefficient (Wildman–Crippen LogP) is 2.88. The number of aromatic nitrogens is 2. The number of hydrogen-bond acceptors (Lipinski definition) is 4. The van der Waals surface area contributed by atoms with Crippen LogP contribution in [0.1, 0.15) is 29.9 Å². The van der Waals surface area contributed by atoms with Gasteiger partial charge in [-0.3, -0.25) is 4.79 Å². The average Bonchev–Trinajstić information content (AvgIpc) is 2.49. The lowest BCUT2D eigenvalue weighted by Crippen LogP contribution is -2.31. The summed E-state index contributed by atoms with van der Waals surface area (Å²) in [6, 6.07) is 7.87. The molecule has 0 spiro atoms. The van der Waals surface area contributed by atoms with Gasteiger partial charge in [-0.25, -0.2) is 9.97 Å². The van der Waals surface area contributed by atoms with Crippen LogP contribution in [0.4, 0.5) is 11.5 Å². The van der Waals surface area contributed by atoms with Crippen molar-refractivity contribution in [3.05, 3.63) is 47.9 Å². The van der Waals surface area contributed by atoms with Crippen LogP contribution in [0.25, 0.3) is 0 Å². The summed E-state index contributed by atoms with van der Waals surface area (Å²) < 4.78 is 0. The molecule has 1 aromatic carbocycles. The summed E-state index contributed by atoms with van der Waals surface area (Å²) in [6.07, 6.45) is 3.10. The molecule has 5 heteroatoms. The van der Waals surface area contributed by atoms with Gasteiger partial charge in [0, 0.05) is 18.8 Å². The minimum atomic E-state index is -0.140. The van der Waals surface area contributed by atoms with Gasteiger partial charge in [0.15, 0.2) is 0 Å². The number of carbonyl (C=O) groups excluding carboxylic acids is 1. The van der Waals surface area contributed by atoms with Crippen molar-refractivity contribution in [3.63, 3.8) is 0 Å². The molecule has 0 aliphatic carbocycles. The highest BCUT2D eigenvalue weighted by atomic mass is 16.2. The van der Waals surface area contributed by atoms with Crippen molar-refractivity contribution in [3.8, 4) is 0 Å². The van der Waals surface area contributed by atoms with E-state index in [-0.39, 0.29) is 5.91 Å². The third-order valence-electron chi connectivity index (χ3n) is 3.10. The molecular weight excluding hydrogens is 264 g/mol. The first-order valence-electron chi connectivity index (χ1n) is 7.10. The summed E-state index contributed by atoms with van der Waals surface area (Å²) in [7, 11) is 0. The van der Waals surface area contributed by atoms with E-state index in [1.807, 2.05) is 45.0 Å². The van der Waals surface area contributed by atoms with Crippen LogP contribution in [0, 0.1) is 6.92 Å². The second-order valence-corrected chi connectivity index (χ2v) is 4.71. The van der Waals surface area contributed by atoms with Crippen molar-refractivity contribution in [2.75, 3.05) is 23.3 Å². The van der Waals surface area contributed by atoms with Crippen LogP contribution in [0.5, 0.6) is 0 Å². The lowest BCUT2D eigenvalue weighted by molar-refractivity contribution is 0.0983. The van der Waals surface area contributed by atoms with E-state index in [4.69, 9.17) is 0 Å². The highest BCUT2D eigenvalue weighted by Crippen LogP contribution is 2.18. The van der Waals surface area contributed by atoms with E-state index in [9.17, 15) is 4.79 Å². The summed E-state index contributed by atoms with van der Waals surface area (Å²) in [5.41, 5.74) is 2.34. The molecule has 0 saturated heterocycles. The smallest absolute Gasteiger partial charge is 0.278 e. The number of benzene rings is 1. The van der Waals surface area contributed by atoms with Gasteiger partial charge in [-0.2, -0.15) is 0 Å². The third-order valence-corrected chi connectivity index (χ3v) is 3.10.